The van der Waals surface area contributed by atoms with Crippen molar-refractivity contribution in [3.05, 3.63) is 47.3 Å². The predicted molar refractivity (Wildman–Crippen MR) is 120 cm³/mol. The van der Waals surface area contributed by atoms with Gasteiger partial charge in [-0.3, -0.25) is 9.69 Å². The zero-order valence-electron chi connectivity index (χ0n) is 18.3. The van der Waals surface area contributed by atoms with E-state index in [0.29, 0.717) is 24.4 Å². The predicted octanol–water partition coefficient (Wildman–Crippen LogP) is 2.40. The Balaban J connectivity index is 1.25. The van der Waals surface area contributed by atoms with E-state index in [1.165, 1.54) is 19.3 Å². The number of hydrogen-bond acceptors (Lipinski definition) is 6. The quantitative estimate of drug-likeness (QED) is 0.756. The van der Waals surface area contributed by atoms with Gasteiger partial charge in [-0.2, -0.15) is 0 Å². The van der Waals surface area contributed by atoms with Crippen molar-refractivity contribution in [2.45, 2.75) is 38.1 Å². The third-order valence-corrected chi connectivity index (χ3v) is 7.02. The van der Waals surface area contributed by atoms with E-state index in [0.717, 1.165) is 62.3 Å². The Morgan fingerprint density at radius 1 is 1.03 bits per heavy atom. The van der Waals surface area contributed by atoms with E-state index in [1.807, 2.05) is 35.4 Å². The van der Waals surface area contributed by atoms with Crippen molar-refractivity contribution in [1.82, 2.24) is 19.8 Å². The van der Waals surface area contributed by atoms with Gasteiger partial charge in [0.25, 0.3) is 5.91 Å². The molecular formula is C24H31N5O2. The number of amides is 1. The van der Waals surface area contributed by atoms with Crippen LogP contribution in [-0.4, -0.2) is 78.1 Å². The summed E-state index contributed by atoms with van der Waals surface area (Å²) in [5.41, 5.74) is 2.86. The molecule has 1 saturated heterocycles. The first-order chi connectivity index (χ1) is 15.2. The van der Waals surface area contributed by atoms with Gasteiger partial charge in [-0.15, -0.1) is 0 Å². The summed E-state index contributed by atoms with van der Waals surface area (Å²) < 4.78 is 5.39. The van der Waals surface area contributed by atoms with E-state index >= 15 is 0 Å². The SMILES string of the molecule is COc1ccccc1C(=O)N1CCc2cnc(N3CCN(C4CCC4)CC3)nc2CC1. The number of hydrogen-bond donors (Lipinski definition) is 0. The molecule has 3 aliphatic rings. The van der Waals surface area contributed by atoms with E-state index in [9.17, 15) is 4.79 Å². The Bertz CT molecular complexity index is 937. The summed E-state index contributed by atoms with van der Waals surface area (Å²) in [5, 5.41) is 0. The smallest absolute Gasteiger partial charge is 0.257 e. The van der Waals surface area contributed by atoms with Crippen LogP contribution in [0.1, 0.15) is 40.9 Å². The van der Waals surface area contributed by atoms with Crippen molar-refractivity contribution in [2.24, 2.45) is 0 Å². The molecular weight excluding hydrogens is 390 g/mol. The number of anilines is 1. The standard InChI is InChI=1S/C24H31N5O2/c1-31-22-8-3-2-7-20(22)23(30)28-11-9-18-17-25-24(26-21(18)10-12-28)29-15-13-27(14-16-29)19-5-4-6-19/h2-3,7-8,17,19H,4-6,9-16H2,1H3. The van der Waals surface area contributed by atoms with Gasteiger partial charge in [-0.05, 0) is 37.0 Å². The summed E-state index contributed by atoms with van der Waals surface area (Å²) in [4.78, 5) is 29.6. The van der Waals surface area contributed by atoms with Gasteiger partial charge < -0.3 is 14.5 Å². The number of carbonyl (C=O) groups excluding carboxylic acids is 1. The van der Waals surface area contributed by atoms with Crippen molar-refractivity contribution in [2.75, 3.05) is 51.3 Å². The summed E-state index contributed by atoms with van der Waals surface area (Å²) in [5.74, 6) is 1.49. The molecule has 2 aliphatic heterocycles. The molecule has 31 heavy (non-hydrogen) atoms. The van der Waals surface area contributed by atoms with Crippen LogP contribution < -0.4 is 9.64 Å². The molecule has 7 nitrogen and oxygen atoms in total. The summed E-state index contributed by atoms with van der Waals surface area (Å²) in [6.45, 7) is 5.53. The highest BCUT2D eigenvalue weighted by molar-refractivity contribution is 5.97. The summed E-state index contributed by atoms with van der Waals surface area (Å²) in [6, 6.07) is 8.24. The monoisotopic (exact) mass is 421 g/mol. The third kappa shape index (κ3) is 4.11. The van der Waals surface area contributed by atoms with Crippen LogP contribution in [0.4, 0.5) is 5.95 Å². The van der Waals surface area contributed by atoms with Gasteiger partial charge in [-0.1, -0.05) is 18.6 Å². The van der Waals surface area contributed by atoms with Crippen molar-refractivity contribution < 1.29 is 9.53 Å². The van der Waals surface area contributed by atoms with Crippen LogP contribution in [-0.2, 0) is 12.8 Å². The number of nitrogens with zero attached hydrogens (tertiary/aromatic N) is 5. The number of para-hydroxylation sites is 1. The fourth-order valence-corrected chi connectivity index (χ4v) is 4.85. The molecule has 5 rings (SSSR count). The Morgan fingerprint density at radius 2 is 1.81 bits per heavy atom. The minimum atomic E-state index is 0.0190. The number of methoxy groups -OCH3 is 1. The van der Waals surface area contributed by atoms with E-state index in [4.69, 9.17) is 9.72 Å². The lowest BCUT2D eigenvalue weighted by Gasteiger charge is -2.43. The number of benzene rings is 1. The highest BCUT2D eigenvalue weighted by Gasteiger charge is 2.29. The van der Waals surface area contributed by atoms with Gasteiger partial charge in [0, 0.05) is 57.9 Å². The number of fused-ring (bicyclic) bond motifs is 1. The summed E-state index contributed by atoms with van der Waals surface area (Å²) in [7, 11) is 1.60. The lowest BCUT2D eigenvalue weighted by atomic mass is 9.91. The fourth-order valence-electron chi connectivity index (χ4n) is 4.85. The molecule has 0 atom stereocenters. The zero-order chi connectivity index (χ0) is 21.2. The molecule has 0 spiro atoms. The minimum Gasteiger partial charge on any atom is -0.496 e. The lowest BCUT2D eigenvalue weighted by molar-refractivity contribution is 0.0759. The van der Waals surface area contributed by atoms with Crippen molar-refractivity contribution >= 4 is 11.9 Å². The molecule has 2 aromatic rings. The number of rotatable bonds is 4. The second-order valence-corrected chi connectivity index (χ2v) is 8.74. The van der Waals surface area contributed by atoms with Gasteiger partial charge in [0.15, 0.2) is 0 Å². The molecule has 0 N–H and O–H groups in total. The van der Waals surface area contributed by atoms with E-state index in [-0.39, 0.29) is 5.91 Å². The maximum Gasteiger partial charge on any atom is 0.257 e. The molecule has 3 heterocycles. The molecule has 164 valence electrons. The van der Waals surface area contributed by atoms with Crippen LogP contribution in [0.3, 0.4) is 0 Å². The Kier molecular flexibility index (Phi) is 5.76. The number of carbonyl (C=O) groups is 1. The molecule has 1 amide bonds. The second kappa shape index (κ2) is 8.83. The molecule has 7 heteroatoms. The van der Waals surface area contributed by atoms with E-state index in [1.54, 1.807) is 7.11 Å². The van der Waals surface area contributed by atoms with Gasteiger partial charge in [0.1, 0.15) is 5.75 Å². The number of aromatic nitrogens is 2. The van der Waals surface area contributed by atoms with Gasteiger partial charge in [-0.25, -0.2) is 9.97 Å². The normalized spacial score (nSPS) is 20.0. The van der Waals surface area contributed by atoms with Crippen LogP contribution >= 0.6 is 0 Å². The maximum atomic E-state index is 13.1. The largest absolute Gasteiger partial charge is 0.496 e. The summed E-state index contributed by atoms with van der Waals surface area (Å²) in [6.07, 6.45) is 7.63. The van der Waals surface area contributed by atoms with Crippen LogP contribution in [0.2, 0.25) is 0 Å². The number of piperazine rings is 1. The van der Waals surface area contributed by atoms with Crippen molar-refractivity contribution in [3.8, 4) is 5.75 Å². The molecule has 2 fully saturated rings. The number of ether oxygens (including phenoxy) is 1. The van der Waals surface area contributed by atoms with Gasteiger partial charge in [0.2, 0.25) is 5.95 Å². The topological polar surface area (TPSA) is 61.8 Å². The molecule has 0 radical (unpaired) electrons. The lowest BCUT2D eigenvalue weighted by Crippen LogP contribution is -2.52. The van der Waals surface area contributed by atoms with Gasteiger partial charge >= 0.3 is 0 Å². The molecule has 1 aliphatic carbocycles. The Morgan fingerprint density at radius 3 is 2.55 bits per heavy atom. The molecule has 1 aromatic carbocycles. The first-order valence-electron chi connectivity index (χ1n) is 11.5. The summed E-state index contributed by atoms with van der Waals surface area (Å²) >= 11 is 0. The van der Waals surface area contributed by atoms with Crippen LogP contribution in [0, 0.1) is 0 Å². The Labute approximate surface area is 184 Å². The van der Waals surface area contributed by atoms with Crippen LogP contribution in [0.5, 0.6) is 5.75 Å². The molecule has 0 unspecified atom stereocenters. The van der Waals surface area contributed by atoms with E-state index in [2.05, 4.69) is 14.8 Å². The van der Waals surface area contributed by atoms with Crippen LogP contribution in [0.15, 0.2) is 30.5 Å². The first kappa shape index (κ1) is 20.2. The second-order valence-electron chi connectivity index (χ2n) is 8.74. The van der Waals surface area contributed by atoms with Crippen LogP contribution in [0.25, 0.3) is 0 Å². The molecule has 1 saturated carbocycles. The highest BCUT2D eigenvalue weighted by atomic mass is 16.5. The molecule has 1 aromatic heterocycles. The first-order valence-corrected chi connectivity index (χ1v) is 11.5. The zero-order valence-corrected chi connectivity index (χ0v) is 18.3. The fraction of sp³-hybridized carbons (Fsp3) is 0.542. The average Bonchev–Trinajstić information content (AvgIpc) is 3.00. The Hall–Kier alpha value is -2.67. The van der Waals surface area contributed by atoms with Crippen molar-refractivity contribution in [3.63, 3.8) is 0 Å². The minimum absolute atomic E-state index is 0.0190. The van der Waals surface area contributed by atoms with E-state index < -0.39 is 0 Å². The average molecular weight is 422 g/mol. The highest BCUT2D eigenvalue weighted by Crippen LogP contribution is 2.27. The third-order valence-electron chi connectivity index (χ3n) is 7.02. The van der Waals surface area contributed by atoms with Gasteiger partial charge in [0.05, 0.1) is 18.4 Å². The maximum absolute atomic E-state index is 13.1. The molecule has 0 bridgehead atoms. The van der Waals surface area contributed by atoms with Crippen molar-refractivity contribution in [1.29, 1.82) is 0 Å².